The lowest BCUT2D eigenvalue weighted by atomic mass is 9.89. The minimum absolute atomic E-state index is 0.0256. The second-order valence-electron chi connectivity index (χ2n) is 4.52. The van der Waals surface area contributed by atoms with Crippen molar-refractivity contribution in [3.63, 3.8) is 0 Å². The molecule has 2 rings (SSSR count). The Labute approximate surface area is 96.1 Å². The van der Waals surface area contributed by atoms with Crippen LogP contribution in [0.3, 0.4) is 0 Å². The Balaban J connectivity index is 2.48. The van der Waals surface area contributed by atoms with Crippen LogP contribution in [0.1, 0.15) is 30.9 Å². The molecule has 5 heteroatoms. The first-order valence-electron chi connectivity index (χ1n) is 5.33. The largest absolute Gasteiger partial charge is 0.416 e. The maximum Gasteiger partial charge on any atom is 0.416 e. The van der Waals surface area contributed by atoms with E-state index in [0.29, 0.717) is 12.8 Å². The molecule has 1 aliphatic carbocycles. The van der Waals surface area contributed by atoms with Crippen molar-refractivity contribution in [2.75, 3.05) is 0 Å². The number of rotatable bonds is 2. The Bertz CT molecular complexity index is 433. The zero-order chi connectivity index (χ0) is 12.8. The van der Waals surface area contributed by atoms with E-state index in [1.54, 1.807) is 0 Å². The maximum atomic E-state index is 13.6. The van der Waals surface area contributed by atoms with Gasteiger partial charge in [0.2, 0.25) is 0 Å². The topological polar surface area (TPSA) is 20.2 Å². The number of aliphatic hydroxyl groups excluding tert-OH is 1. The second kappa shape index (κ2) is 3.70. The van der Waals surface area contributed by atoms with Crippen LogP contribution in [0.15, 0.2) is 18.2 Å². The van der Waals surface area contributed by atoms with E-state index >= 15 is 0 Å². The van der Waals surface area contributed by atoms with Gasteiger partial charge in [0.1, 0.15) is 5.82 Å². The number of benzene rings is 1. The van der Waals surface area contributed by atoms with Gasteiger partial charge in [-0.1, -0.05) is 0 Å². The molecule has 1 unspecified atom stereocenters. The van der Waals surface area contributed by atoms with Gasteiger partial charge in [0.15, 0.2) is 0 Å². The summed E-state index contributed by atoms with van der Waals surface area (Å²) in [5.74, 6) is -0.684. The third kappa shape index (κ3) is 2.04. The molecule has 0 amide bonds. The highest BCUT2D eigenvalue weighted by Crippen LogP contribution is 2.52. The minimum atomic E-state index is -4.49. The minimum Gasteiger partial charge on any atom is -0.392 e. The molecule has 1 fully saturated rings. The molecule has 1 aromatic carbocycles. The van der Waals surface area contributed by atoms with E-state index in [0.717, 1.165) is 18.2 Å². The van der Waals surface area contributed by atoms with Crippen molar-refractivity contribution in [2.24, 2.45) is 0 Å². The molecule has 94 valence electrons. The molecule has 1 N–H and O–H groups in total. The number of hydrogen-bond acceptors (Lipinski definition) is 1. The molecule has 1 aromatic rings. The van der Waals surface area contributed by atoms with E-state index in [4.69, 9.17) is 0 Å². The van der Waals surface area contributed by atoms with Crippen molar-refractivity contribution >= 4 is 0 Å². The average Bonchev–Trinajstić information content (AvgIpc) is 2.97. The van der Waals surface area contributed by atoms with E-state index in [1.807, 2.05) is 0 Å². The molecule has 0 saturated heterocycles. The van der Waals surface area contributed by atoms with Gasteiger partial charge in [0.25, 0.3) is 0 Å². The van der Waals surface area contributed by atoms with Gasteiger partial charge >= 0.3 is 6.18 Å². The summed E-state index contributed by atoms with van der Waals surface area (Å²) < 4.78 is 51.1. The number of hydrogen-bond donors (Lipinski definition) is 1. The first-order valence-corrected chi connectivity index (χ1v) is 5.33. The van der Waals surface area contributed by atoms with Crippen LogP contribution in [0.25, 0.3) is 0 Å². The highest BCUT2D eigenvalue weighted by Gasteiger charge is 2.50. The summed E-state index contributed by atoms with van der Waals surface area (Å²) in [6.45, 7) is 1.48. The molecule has 0 radical (unpaired) electrons. The second-order valence-corrected chi connectivity index (χ2v) is 4.52. The van der Waals surface area contributed by atoms with E-state index in [2.05, 4.69) is 0 Å². The van der Waals surface area contributed by atoms with Gasteiger partial charge in [-0.3, -0.25) is 0 Å². The third-order valence-corrected chi connectivity index (χ3v) is 3.42. The molecule has 1 saturated carbocycles. The van der Waals surface area contributed by atoms with Crippen LogP contribution in [-0.4, -0.2) is 11.2 Å². The smallest absolute Gasteiger partial charge is 0.392 e. The zero-order valence-electron chi connectivity index (χ0n) is 9.18. The lowest BCUT2D eigenvalue weighted by Crippen LogP contribution is -2.24. The molecule has 1 nitrogen and oxygen atoms in total. The van der Waals surface area contributed by atoms with Crippen LogP contribution < -0.4 is 0 Å². The van der Waals surface area contributed by atoms with E-state index in [1.165, 1.54) is 6.92 Å². The average molecular weight is 248 g/mol. The fraction of sp³-hybridized carbons (Fsp3) is 0.500. The van der Waals surface area contributed by atoms with Gasteiger partial charge in [-0.15, -0.1) is 0 Å². The van der Waals surface area contributed by atoms with Crippen LogP contribution in [0, 0.1) is 5.82 Å². The predicted octanol–water partition coefficient (Wildman–Crippen LogP) is 3.26. The first-order chi connectivity index (χ1) is 7.77. The normalized spacial score (nSPS) is 20.1. The Morgan fingerprint density at radius 1 is 1.29 bits per heavy atom. The van der Waals surface area contributed by atoms with Crippen molar-refractivity contribution < 1.29 is 22.7 Å². The van der Waals surface area contributed by atoms with Crippen LogP contribution in [-0.2, 0) is 11.6 Å². The molecular formula is C12H12F4O. The summed E-state index contributed by atoms with van der Waals surface area (Å²) >= 11 is 0. The summed E-state index contributed by atoms with van der Waals surface area (Å²) in [7, 11) is 0. The molecule has 0 heterocycles. The Hall–Kier alpha value is -1.10. The lowest BCUT2D eigenvalue weighted by molar-refractivity contribution is -0.137. The quantitative estimate of drug-likeness (QED) is 0.796. The molecule has 0 aromatic heterocycles. The van der Waals surface area contributed by atoms with Crippen molar-refractivity contribution in [3.8, 4) is 0 Å². The number of halogens is 4. The summed E-state index contributed by atoms with van der Waals surface area (Å²) in [6, 6.07) is 2.35. The monoisotopic (exact) mass is 248 g/mol. The van der Waals surface area contributed by atoms with Gasteiger partial charge in [0, 0.05) is 5.41 Å². The zero-order valence-corrected chi connectivity index (χ0v) is 9.18. The van der Waals surface area contributed by atoms with Crippen molar-refractivity contribution in [1.29, 1.82) is 0 Å². The highest BCUT2D eigenvalue weighted by molar-refractivity contribution is 5.38. The van der Waals surface area contributed by atoms with E-state index < -0.39 is 29.1 Å². The summed E-state index contributed by atoms with van der Waals surface area (Å²) in [5, 5.41) is 9.57. The van der Waals surface area contributed by atoms with Gasteiger partial charge in [0.05, 0.1) is 11.7 Å². The fourth-order valence-corrected chi connectivity index (χ4v) is 2.13. The molecular weight excluding hydrogens is 236 g/mol. The predicted molar refractivity (Wildman–Crippen MR) is 54.0 cm³/mol. The SMILES string of the molecule is CC(O)C1(c2cc(C(F)(F)F)ccc2F)CC1. The molecule has 1 aliphatic rings. The van der Waals surface area contributed by atoms with E-state index in [-0.39, 0.29) is 5.56 Å². The fourth-order valence-electron chi connectivity index (χ4n) is 2.13. The van der Waals surface area contributed by atoms with Crippen molar-refractivity contribution in [2.45, 2.75) is 37.5 Å². The molecule has 0 spiro atoms. The molecule has 1 atom stereocenters. The van der Waals surface area contributed by atoms with Crippen LogP contribution >= 0.6 is 0 Å². The van der Waals surface area contributed by atoms with Gasteiger partial charge < -0.3 is 5.11 Å². The standard InChI is InChI=1S/C12H12F4O/c1-7(17)11(4-5-11)9-6-8(12(14,15)16)2-3-10(9)13/h2-3,6-7,17H,4-5H2,1H3. The van der Waals surface area contributed by atoms with Gasteiger partial charge in [-0.05, 0) is 43.5 Å². The summed E-state index contributed by atoms with van der Waals surface area (Å²) in [6.07, 6.45) is -4.30. The van der Waals surface area contributed by atoms with Crippen molar-refractivity contribution in [1.82, 2.24) is 0 Å². The lowest BCUT2D eigenvalue weighted by Gasteiger charge is -2.21. The van der Waals surface area contributed by atoms with Crippen LogP contribution in [0.4, 0.5) is 17.6 Å². The molecule has 17 heavy (non-hydrogen) atoms. The Kier molecular flexibility index (Phi) is 2.69. The van der Waals surface area contributed by atoms with Crippen molar-refractivity contribution in [3.05, 3.63) is 35.1 Å². The third-order valence-electron chi connectivity index (χ3n) is 3.42. The maximum absolute atomic E-state index is 13.6. The summed E-state index contributed by atoms with van der Waals surface area (Å²) in [5.41, 5.74) is -1.73. The van der Waals surface area contributed by atoms with Crippen LogP contribution in [0.5, 0.6) is 0 Å². The van der Waals surface area contributed by atoms with Crippen LogP contribution in [0.2, 0.25) is 0 Å². The summed E-state index contributed by atoms with van der Waals surface area (Å²) in [4.78, 5) is 0. The first kappa shape index (κ1) is 12.4. The molecule has 0 aliphatic heterocycles. The Morgan fingerprint density at radius 2 is 1.88 bits per heavy atom. The van der Waals surface area contributed by atoms with Gasteiger partial charge in [-0.2, -0.15) is 13.2 Å². The number of alkyl halides is 3. The number of aliphatic hydroxyl groups is 1. The molecule has 0 bridgehead atoms. The van der Waals surface area contributed by atoms with Gasteiger partial charge in [-0.25, -0.2) is 4.39 Å². The van der Waals surface area contributed by atoms with E-state index in [9.17, 15) is 22.7 Å². The highest BCUT2D eigenvalue weighted by atomic mass is 19.4. The Morgan fingerprint density at radius 3 is 2.29 bits per heavy atom.